The van der Waals surface area contributed by atoms with Gasteiger partial charge >= 0.3 is 0 Å². The second-order valence-corrected chi connectivity index (χ2v) is 6.80. The zero-order chi connectivity index (χ0) is 19.3. The number of guanidine groups is 1. The lowest BCUT2D eigenvalue weighted by molar-refractivity contribution is 1.38. The quantitative estimate of drug-likeness (QED) is 0.342. The maximum Gasteiger partial charge on any atom is 0.205 e. The van der Waals surface area contributed by atoms with Crippen LogP contribution in [0.1, 0.15) is 11.1 Å². The predicted molar refractivity (Wildman–Crippen MR) is 118 cm³/mol. The molecule has 0 atom stereocenters. The number of fused-ring (bicyclic) bond motifs is 1. The van der Waals surface area contributed by atoms with Crippen LogP contribution in [-0.2, 0) is 0 Å². The van der Waals surface area contributed by atoms with Gasteiger partial charge in [0.25, 0.3) is 0 Å². The van der Waals surface area contributed by atoms with E-state index in [2.05, 4.69) is 53.7 Å². The molecule has 0 spiro atoms. The van der Waals surface area contributed by atoms with Gasteiger partial charge in [-0.2, -0.15) is 0 Å². The molecule has 0 radical (unpaired) electrons. The lowest BCUT2D eigenvalue weighted by atomic mass is 10.2. The summed E-state index contributed by atoms with van der Waals surface area (Å²) < 4.78 is 0. The summed E-state index contributed by atoms with van der Waals surface area (Å²) in [6.07, 6.45) is 1.79. The number of anilines is 2. The fourth-order valence-electron chi connectivity index (χ4n) is 3.11. The number of aliphatic imine (C=N–C) groups is 1. The molecule has 0 saturated carbocycles. The molecule has 4 aromatic rings. The van der Waals surface area contributed by atoms with Crippen molar-refractivity contribution >= 4 is 33.9 Å². The van der Waals surface area contributed by atoms with E-state index in [0.717, 1.165) is 28.0 Å². The molecule has 4 heteroatoms. The number of hydrogen-bond donors (Lipinski definition) is 2. The van der Waals surface area contributed by atoms with E-state index >= 15 is 0 Å². The summed E-state index contributed by atoms with van der Waals surface area (Å²) in [5.41, 5.74) is 6.02. The molecule has 0 aliphatic carbocycles. The van der Waals surface area contributed by atoms with Crippen molar-refractivity contribution in [3.05, 3.63) is 96.2 Å². The Bertz CT molecular complexity index is 1090. The minimum Gasteiger partial charge on any atom is -0.326 e. The van der Waals surface area contributed by atoms with Crippen LogP contribution < -0.4 is 10.6 Å². The van der Waals surface area contributed by atoms with Gasteiger partial charge in [-0.25, -0.2) is 4.99 Å². The molecule has 0 unspecified atom stereocenters. The van der Waals surface area contributed by atoms with E-state index in [9.17, 15) is 0 Å². The maximum atomic E-state index is 4.87. The Kier molecular flexibility index (Phi) is 5.02. The normalized spacial score (nSPS) is 10.5. The zero-order valence-corrected chi connectivity index (χ0v) is 16.0. The molecule has 2 N–H and O–H groups in total. The first-order chi connectivity index (χ1) is 13.7. The number of rotatable bonds is 3. The first-order valence-electron chi connectivity index (χ1n) is 9.27. The molecule has 4 nitrogen and oxygen atoms in total. The monoisotopic (exact) mass is 366 g/mol. The van der Waals surface area contributed by atoms with Crippen LogP contribution in [0, 0.1) is 13.8 Å². The summed E-state index contributed by atoms with van der Waals surface area (Å²) in [5.74, 6) is 0.648. The van der Waals surface area contributed by atoms with Crippen LogP contribution in [0.2, 0.25) is 0 Å². The molecule has 1 heterocycles. The summed E-state index contributed by atoms with van der Waals surface area (Å²) in [6, 6.07) is 26.5. The van der Waals surface area contributed by atoms with E-state index in [1.54, 1.807) is 6.20 Å². The number of hydrogen-bond acceptors (Lipinski definition) is 2. The van der Waals surface area contributed by atoms with Crippen molar-refractivity contribution in [2.45, 2.75) is 13.8 Å². The van der Waals surface area contributed by atoms with Gasteiger partial charge < -0.3 is 10.6 Å². The van der Waals surface area contributed by atoms with Gasteiger partial charge in [0.1, 0.15) is 0 Å². The van der Waals surface area contributed by atoms with Gasteiger partial charge in [0.15, 0.2) is 0 Å². The van der Waals surface area contributed by atoms with Crippen molar-refractivity contribution in [3.63, 3.8) is 0 Å². The largest absolute Gasteiger partial charge is 0.326 e. The topological polar surface area (TPSA) is 49.3 Å². The molecule has 3 aromatic carbocycles. The molecule has 28 heavy (non-hydrogen) atoms. The van der Waals surface area contributed by atoms with E-state index in [1.807, 2.05) is 54.6 Å². The molecule has 0 amide bonds. The Morgan fingerprint density at radius 2 is 1.36 bits per heavy atom. The molecule has 138 valence electrons. The summed E-state index contributed by atoms with van der Waals surface area (Å²) in [5, 5.41) is 7.89. The van der Waals surface area contributed by atoms with Crippen molar-refractivity contribution in [1.29, 1.82) is 0 Å². The summed E-state index contributed by atoms with van der Waals surface area (Å²) >= 11 is 0. The van der Waals surface area contributed by atoms with Gasteiger partial charge in [0, 0.05) is 23.0 Å². The summed E-state index contributed by atoms with van der Waals surface area (Å²) in [7, 11) is 0. The highest BCUT2D eigenvalue weighted by molar-refractivity contribution is 6.06. The third kappa shape index (κ3) is 4.18. The number of aromatic nitrogens is 1. The van der Waals surface area contributed by atoms with Gasteiger partial charge in [0.05, 0.1) is 11.2 Å². The Morgan fingerprint density at radius 3 is 2.00 bits per heavy atom. The van der Waals surface area contributed by atoms with Crippen molar-refractivity contribution in [1.82, 2.24) is 4.98 Å². The van der Waals surface area contributed by atoms with E-state index in [4.69, 9.17) is 4.99 Å². The standard InChI is InChI=1S/C24H22N4/c1-17-7-3-11-20(15-17)26-24(27-21-12-4-8-18(2)16-21)28-22-13-5-9-19-10-6-14-25-23(19)22/h3-16H,1-2H3,(H2,26,27,28). The third-order valence-corrected chi connectivity index (χ3v) is 4.41. The molecule has 0 bridgehead atoms. The smallest absolute Gasteiger partial charge is 0.205 e. The van der Waals surface area contributed by atoms with Gasteiger partial charge in [-0.1, -0.05) is 42.5 Å². The van der Waals surface area contributed by atoms with E-state index in [1.165, 1.54) is 11.1 Å². The number of benzene rings is 3. The Morgan fingerprint density at radius 1 is 0.750 bits per heavy atom. The van der Waals surface area contributed by atoms with Crippen molar-refractivity contribution < 1.29 is 0 Å². The third-order valence-electron chi connectivity index (χ3n) is 4.41. The van der Waals surface area contributed by atoms with Gasteiger partial charge in [-0.05, 0) is 61.4 Å². The Hall–Kier alpha value is -3.66. The van der Waals surface area contributed by atoms with Gasteiger partial charge in [-0.3, -0.25) is 4.98 Å². The van der Waals surface area contributed by atoms with Gasteiger partial charge in [0.2, 0.25) is 5.96 Å². The highest BCUT2D eigenvalue weighted by Crippen LogP contribution is 2.24. The molecule has 0 fully saturated rings. The fourth-order valence-corrected chi connectivity index (χ4v) is 3.11. The van der Waals surface area contributed by atoms with Crippen LogP contribution in [0.4, 0.5) is 17.1 Å². The number of nitrogens with one attached hydrogen (secondary N) is 2. The SMILES string of the molecule is Cc1cccc(NC(=Nc2cccc3cccnc23)Nc2cccc(C)c2)c1. The molecule has 0 aliphatic heterocycles. The number of nitrogens with zero attached hydrogens (tertiary/aromatic N) is 2. The number of aryl methyl sites for hydroxylation is 2. The van der Waals surface area contributed by atoms with Crippen LogP contribution in [0.5, 0.6) is 0 Å². The summed E-state index contributed by atoms with van der Waals surface area (Å²) in [6.45, 7) is 4.15. The van der Waals surface area contributed by atoms with Crippen molar-refractivity contribution in [2.24, 2.45) is 4.99 Å². The molecular weight excluding hydrogens is 344 g/mol. The number of para-hydroxylation sites is 1. The van der Waals surface area contributed by atoms with E-state index in [0.29, 0.717) is 5.96 Å². The maximum absolute atomic E-state index is 4.87. The van der Waals surface area contributed by atoms with Crippen LogP contribution >= 0.6 is 0 Å². The lowest BCUT2D eigenvalue weighted by Gasteiger charge is -2.14. The Balaban J connectivity index is 1.75. The van der Waals surface area contributed by atoms with Crippen molar-refractivity contribution in [3.8, 4) is 0 Å². The zero-order valence-electron chi connectivity index (χ0n) is 16.0. The highest BCUT2D eigenvalue weighted by atomic mass is 15.2. The van der Waals surface area contributed by atoms with Crippen LogP contribution in [0.15, 0.2) is 90.1 Å². The van der Waals surface area contributed by atoms with E-state index in [-0.39, 0.29) is 0 Å². The molecule has 4 rings (SSSR count). The average Bonchev–Trinajstić information content (AvgIpc) is 2.68. The highest BCUT2D eigenvalue weighted by Gasteiger charge is 2.06. The number of pyridine rings is 1. The second kappa shape index (κ2) is 7.92. The molecule has 0 aliphatic rings. The first kappa shape index (κ1) is 17.7. The lowest BCUT2D eigenvalue weighted by Crippen LogP contribution is -2.21. The summed E-state index contributed by atoms with van der Waals surface area (Å²) in [4.78, 5) is 9.38. The Labute approximate surface area is 165 Å². The minimum atomic E-state index is 0.648. The van der Waals surface area contributed by atoms with Gasteiger partial charge in [-0.15, -0.1) is 0 Å². The molecular formula is C24H22N4. The van der Waals surface area contributed by atoms with E-state index < -0.39 is 0 Å². The van der Waals surface area contributed by atoms with Crippen molar-refractivity contribution in [2.75, 3.05) is 10.6 Å². The van der Waals surface area contributed by atoms with Crippen LogP contribution in [0.25, 0.3) is 10.9 Å². The predicted octanol–water partition coefficient (Wildman–Crippen LogP) is 6.06. The fraction of sp³-hybridized carbons (Fsp3) is 0.0833. The first-order valence-corrected chi connectivity index (χ1v) is 9.27. The van der Waals surface area contributed by atoms with Crippen LogP contribution in [-0.4, -0.2) is 10.9 Å². The second-order valence-electron chi connectivity index (χ2n) is 6.80. The molecule has 0 saturated heterocycles. The molecule has 1 aromatic heterocycles. The average molecular weight is 366 g/mol. The minimum absolute atomic E-state index is 0.648. The van der Waals surface area contributed by atoms with Crippen LogP contribution in [0.3, 0.4) is 0 Å².